The average Bonchev–Trinajstić information content (AvgIpc) is 3.13. The highest BCUT2D eigenvalue weighted by Crippen LogP contribution is 2.33. The number of aromatic nitrogens is 2. The topological polar surface area (TPSA) is 47.4 Å². The first kappa shape index (κ1) is 17.5. The van der Waals surface area contributed by atoms with Crippen molar-refractivity contribution in [3.05, 3.63) is 47.4 Å². The third kappa shape index (κ3) is 3.70. The van der Waals surface area contributed by atoms with Crippen molar-refractivity contribution in [2.45, 2.75) is 59.1 Å². The molecule has 1 aliphatic rings. The van der Waals surface area contributed by atoms with Gasteiger partial charge >= 0.3 is 6.09 Å². The van der Waals surface area contributed by atoms with E-state index in [0.717, 1.165) is 42.2 Å². The maximum absolute atomic E-state index is 12.5. The lowest BCUT2D eigenvalue weighted by Gasteiger charge is -2.28. The molecule has 0 N–H and O–H groups in total. The zero-order valence-corrected chi connectivity index (χ0v) is 15.7. The maximum Gasteiger partial charge on any atom is 0.410 e. The lowest BCUT2D eigenvalue weighted by Crippen LogP contribution is -2.36. The highest BCUT2D eigenvalue weighted by molar-refractivity contribution is 5.69. The standard InChI is InChI=1S/C20H27N3O2/c1-14-8-9-15(2)23(14)18-11-10-16(13-21-18)17-7-6-12-22(17)19(24)25-20(3,4)5/h8-11,13,17H,6-7,12H2,1-5H3/t17-/m0/s1. The van der Waals surface area contributed by atoms with Crippen LogP contribution in [0.4, 0.5) is 4.79 Å². The smallest absolute Gasteiger partial charge is 0.410 e. The van der Waals surface area contributed by atoms with Crippen LogP contribution in [0.15, 0.2) is 30.5 Å². The Kier molecular flexibility index (Phi) is 4.58. The monoisotopic (exact) mass is 341 g/mol. The van der Waals surface area contributed by atoms with Gasteiger partial charge in [-0.1, -0.05) is 6.07 Å². The summed E-state index contributed by atoms with van der Waals surface area (Å²) in [6, 6.07) is 8.33. The number of amides is 1. The lowest BCUT2D eigenvalue weighted by molar-refractivity contribution is 0.0224. The van der Waals surface area contributed by atoms with Crippen LogP contribution >= 0.6 is 0 Å². The summed E-state index contributed by atoms with van der Waals surface area (Å²) in [5, 5.41) is 0. The Bertz CT molecular complexity index is 737. The van der Waals surface area contributed by atoms with Crippen molar-refractivity contribution in [2.24, 2.45) is 0 Å². The molecule has 1 saturated heterocycles. The van der Waals surface area contributed by atoms with Gasteiger partial charge in [-0.2, -0.15) is 0 Å². The van der Waals surface area contributed by atoms with Gasteiger partial charge in [0.1, 0.15) is 11.4 Å². The second kappa shape index (κ2) is 6.54. The largest absolute Gasteiger partial charge is 0.444 e. The minimum absolute atomic E-state index is 0.0447. The van der Waals surface area contributed by atoms with Gasteiger partial charge in [0, 0.05) is 24.1 Å². The molecule has 0 aliphatic carbocycles. The van der Waals surface area contributed by atoms with E-state index in [0.29, 0.717) is 0 Å². The normalized spacial score (nSPS) is 17.8. The Labute approximate surface area is 149 Å². The van der Waals surface area contributed by atoms with Crippen LogP contribution in [-0.4, -0.2) is 32.7 Å². The third-order valence-corrected chi connectivity index (χ3v) is 4.54. The van der Waals surface area contributed by atoms with E-state index in [9.17, 15) is 4.79 Å². The number of rotatable bonds is 2. The summed E-state index contributed by atoms with van der Waals surface area (Å²) in [4.78, 5) is 18.9. The van der Waals surface area contributed by atoms with E-state index in [1.807, 2.05) is 37.9 Å². The van der Waals surface area contributed by atoms with E-state index in [2.05, 4.69) is 41.6 Å². The van der Waals surface area contributed by atoms with Gasteiger partial charge in [-0.25, -0.2) is 9.78 Å². The van der Waals surface area contributed by atoms with Gasteiger partial charge < -0.3 is 14.2 Å². The van der Waals surface area contributed by atoms with Crippen LogP contribution in [0.2, 0.25) is 0 Å². The van der Waals surface area contributed by atoms with E-state index in [1.54, 1.807) is 0 Å². The lowest BCUT2D eigenvalue weighted by atomic mass is 10.1. The summed E-state index contributed by atoms with van der Waals surface area (Å²) in [7, 11) is 0. The second-order valence-electron chi connectivity index (χ2n) is 7.73. The van der Waals surface area contributed by atoms with E-state index in [-0.39, 0.29) is 12.1 Å². The average molecular weight is 341 g/mol. The summed E-state index contributed by atoms with van der Waals surface area (Å²) in [5.41, 5.74) is 2.91. The number of carbonyl (C=O) groups is 1. The van der Waals surface area contributed by atoms with Crippen LogP contribution in [0.3, 0.4) is 0 Å². The van der Waals surface area contributed by atoms with Gasteiger partial charge in [-0.15, -0.1) is 0 Å². The van der Waals surface area contributed by atoms with Gasteiger partial charge in [0.2, 0.25) is 0 Å². The number of hydrogen-bond donors (Lipinski definition) is 0. The van der Waals surface area contributed by atoms with Gasteiger partial charge in [0.25, 0.3) is 0 Å². The summed E-state index contributed by atoms with van der Waals surface area (Å²) >= 11 is 0. The number of aryl methyl sites for hydroxylation is 2. The van der Waals surface area contributed by atoms with Crippen LogP contribution in [-0.2, 0) is 4.74 Å². The molecule has 0 spiro atoms. The van der Waals surface area contributed by atoms with Crippen molar-refractivity contribution in [3.8, 4) is 5.82 Å². The Balaban J connectivity index is 1.81. The third-order valence-electron chi connectivity index (χ3n) is 4.54. The van der Waals surface area contributed by atoms with Crippen molar-refractivity contribution in [2.75, 3.05) is 6.54 Å². The van der Waals surface area contributed by atoms with Crippen LogP contribution in [0.25, 0.3) is 5.82 Å². The molecule has 0 bridgehead atoms. The first-order valence-corrected chi connectivity index (χ1v) is 8.87. The molecule has 1 atom stereocenters. The zero-order valence-electron chi connectivity index (χ0n) is 15.7. The van der Waals surface area contributed by atoms with Crippen LogP contribution in [0.1, 0.15) is 56.6 Å². The Morgan fingerprint density at radius 3 is 2.40 bits per heavy atom. The van der Waals surface area contributed by atoms with Gasteiger partial charge in [0.15, 0.2) is 0 Å². The molecule has 0 unspecified atom stereocenters. The Hall–Kier alpha value is -2.30. The van der Waals surface area contributed by atoms with Crippen LogP contribution < -0.4 is 0 Å². The van der Waals surface area contributed by atoms with Crippen molar-refractivity contribution in [1.29, 1.82) is 0 Å². The highest BCUT2D eigenvalue weighted by Gasteiger charge is 2.33. The maximum atomic E-state index is 12.5. The minimum atomic E-state index is -0.476. The molecular formula is C20H27N3O2. The highest BCUT2D eigenvalue weighted by atomic mass is 16.6. The number of pyridine rings is 1. The number of likely N-dealkylation sites (tertiary alicyclic amines) is 1. The van der Waals surface area contributed by atoms with E-state index >= 15 is 0 Å². The SMILES string of the molecule is Cc1ccc(C)n1-c1ccc([C@@H]2CCCN2C(=O)OC(C)(C)C)cn1. The predicted molar refractivity (Wildman–Crippen MR) is 98.0 cm³/mol. The molecule has 1 aliphatic heterocycles. The van der Waals surface area contributed by atoms with Gasteiger partial charge in [-0.05, 0) is 71.2 Å². The molecule has 0 aromatic carbocycles. The molecule has 5 heteroatoms. The van der Waals surface area contributed by atoms with Crippen molar-refractivity contribution in [1.82, 2.24) is 14.5 Å². The molecule has 1 fully saturated rings. The van der Waals surface area contributed by atoms with Crippen LogP contribution in [0.5, 0.6) is 0 Å². The fourth-order valence-electron chi connectivity index (χ4n) is 3.41. The summed E-state index contributed by atoms with van der Waals surface area (Å²) in [6.45, 7) is 10.6. The summed E-state index contributed by atoms with van der Waals surface area (Å²) in [6.07, 6.45) is 3.58. The van der Waals surface area contributed by atoms with E-state index < -0.39 is 5.60 Å². The van der Waals surface area contributed by atoms with Gasteiger partial charge in [-0.3, -0.25) is 0 Å². The van der Waals surface area contributed by atoms with E-state index in [4.69, 9.17) is 4.74 Å². The molecule has 0 saturated carbocycles. The quantitative estimate of drug-likeness (QED) is 0.804. The predicted octanol–water partition coefficient (Wildman–Crippen LogP) is 4.56. The second-order valence-corrected chi connectivity index (χ2v) is 7.73. The first-order valence-electron chi connectivity index (χ1n) is 8.87. The van der Waals surface area contributed by atoms with Crippen LogP contribution in [0, 0.1) is 13.8 Å². The number of hydrogen-bond acceptors (Lipinski definition) is 3. The Morgan fingerprint density at radius 1 is 1.16 bits per heavy atom. The number of nitrogens with zero attached hydrogens (tertiary/aromatic N) is 3. The summed E-state index contributed by atoms with van der Waals surface area (Å²) in [5.74, 6) is 0.908. The molecule has 134 valence electrons. The molecule has 3 heterocycles. The molecule has 3 rings (SSSR count). The van der Waals surface area contributed by atoms with Crippen molar-refractivity contribution < 1.29 is 9.53 Å². The fraction of sp³-hybridized carbons (Fsp3) is 0.500. The molecule has 2 aromatic heterocycles. The molecule has 5 nitrogen and oxygen atoms in total. The molecular weight excluding hydrogens is 314 g/mol. The van der Waals surface area contributed by atoms with Crippen molar-refractivity contribution in [3.63, 3.8) is 0 Å². The first-order chi connectivity index (χ1) is 11.8. The summed E-state index contributed by atoms with van der Waals surface area (Å²) < 4.78 is 7.68. The zero-order chi connectivity index (χ0) is 18.2. The minimum Gasteiger partial charge on any atom is -0.444 e. The fourth-order valence-corrected chi connectivity index (χ4v) is 3.41. The van der Waals surface area contributed by atoms with Crippen molar-refractivity contribution >= 4 is 6.09 Å². The molecule has 2 aromatic rings. The number of ether oxygens (including phenoxy) is 1. The molecule has 0 radical (unpaired) electrons. The van der Waals surface area contributed by atoms with Gasteiger partial charge in [0.05, 0.1) is 6.04 Å². The Morgan fingerprint density at radius 2 is 1.84 bits per heavy atom. The molecule has 1 amide bonds. The molecule has 25 heavy (non-hydrogen) atoms. The van der Waals surface area contributed by atoms with E-state index in [1.165, 1.54) is 0 Å². The number of carbonyl (C=O) groups excluding carboxylic acids is 1.